The smallest absolute Gasteiger partial charge is 0.317 e. The van der Waals surface area contributed by atoms with Gasteiger partial charge in [-0.25, -0.2) is 4.79 Å². The number of urea groups is 1. The van der Waals surface area contributed by atoms with E-state index < -0.39 is 0 Å². The molecule has 2 saturated heterocycles. The van der Waals surface area contributed by atoms with Crippen LogP contribution in [0, 0.1) is 11.3 Å². The Labute approximate surface area is 128 Å². The van der Waals surface area contributed by atoms with Crippen LogP contribution < -0.4 is 5.32 Å². The van der Waals surface area contributed by atoms with Gasteiger partial charge < -0.3 is 15.1 Å². The fourth-order valence-corrected chi connectivity index (χ4v) is 3.28. The van der Waals surface area contributed by atoms with E-state index in [9.17, 15) is 9.59 Å². The lowest BCUT2D eigenvalue weighted by Gasteiger charge is -2.46. The molecular weight excluding hydrogens is 266 g/mol. The SMILES string of the molecule is CC(C)[C@@H](C)NC(=O)N1CCC2(CCC(=O)N(C)C2)CC1. The second-order valence-electron chi connectivity index (χ2n) is 7.22. The molecule has 0 unspecified atom stereocenters. The Morgan fingerprint density at radius 1 is 1.19 bits per heavy atom. The first kappa shape index (κ1) is 16.1. The number of likely N-dealkylation sites (tertiary alicyclic amines) is 2. The van der Waals surface area contributed by atoms with Gasteiger partial charge in [0.1, 0.15) is 0 Å². The minimum absolute atomic E-state index is 0.0614. The molecule has 0 saturated carbocycles. The number of carbonyl (C=O) groups excluding carboxylic acids is 2. The number of hydrogen-bond donors (Lipinski definition) is 1. The van der Waals surface area contributed by atoms with Crippen molar-refractivity contribution < 1.29 is 9.59 Å². The molecule has 120 valence electrons. The summed E-state index contributed by atoms with van der Waals surface area (Å²) in [7, 11) is 1.90. The molecule has 2 heterocycles. The summed E-state index contributed by atoms with van der Waals surface area (Å²) in [4.78, 5) is 27.7. The molecule has 2 fully saturated rings. The zero-order valence-corrected chi connectivity index (χ0v) is 13.8. The molecule has 21 heavy (non-hydrogen) atoms. The van der Waals surface area contributed by atoms with Crippen molar-refractivity contribution in [2.75, 3.05) is 26.7 Å². The van der Waals surface area contributed by atoms with Gasteiger partial charge in [0.05, 0.1) is 0 Å². The summed E-state index contributed by atoms with van der Waals surface area (Å²) < 4.78 is 0. The van der Waals surface area contributed by atoms with Crippen molar-refractivity contribution in [1.82, 2.24) is 15.1 Å². The zero-order chi connectivity index (χ0) is 15.6. The predicted octanol–water partition coefficient (Wildman–Crippen LogP) is 2.07. The molecule has 2 rings (SSSR count). The summed E-state index contributed by atoms with van der Waals surface area (Å²) in [5.41, 5.74) is 0.239. The van der Waals surface area contributed by atoms with E-state index >= 15 is 0 Å². The highest BCUT2D eigenvalue weighted by Gasteiger charge is 2.40. The third-order valence-electron chi connectivity index (χ3n) is 5.33. The molecule has 2 aliphatic rings. The van der Waals surface area contributed by atoms with Crippen molar-refractivity contribution in [3.8, 4) is 0 Å². The monoisotopic (exact) mass is 295 g/mol. The van der Waals surface area contributed by atoms with Gasteiger partial charge in [-0.2, -0.15) is 0 Å². The van der Waals surface area contributed by atoms with Crippen LogP contribution in [0.5, 0.6) is 0 Å². The minimum atomic E-state index is 0.0614. The Morgan fingerprint density at radius 2 is 1.81 bits per heavy atom. The van der Waals surface area contributed by atoms with Crippen LogP contribution in [-0.2, 0) is 4.79 Å². The Balaban J connectivity index is 1.85. The van der Waals surface area contributed by atoms with Crippen molar-refractivity contribution in [3.05, 3.63) is 0 Å². The van der Waals surface area contributed by atoms with Gasteiger partial charge in [-0.3, -0.25) is 4.79 Å². The predicted molar refractivity (Wildman–Crippen MR) is 82.9 cm³/mol. The third kappa shape index (κ3) is 3.69. The molecule has 0 bridgehead atoms. The van der Waals surface area contributed by atoms with Crippen LogP contribution in [0.15, 0.2) is 0 Å². The molecule has 5 heteroatoms. The second kappa shape index (κ2) is 6.24. The maximum absolute atomic E-state index is 12.3. The van der Waals surface area contributed by atoms with E-state index in [1.165, 1.54) is 0 Å². The fourth-order valence-electron chi connectivity index (χ4n) is 3.28. The maximum atomic E-state index is 12.3. The first-order valence-electron chi connectivity index (χ1n) is 8.12. The molecule has 1 spiro atoms. The van der Waals surface area contributed by atoms with E-state index in [0.717, 1.165) is 38.9 Å². The molecule has 1 atom stereocenters. The van der Waals surface area contributed by atoms with Gasteiger partial charge in [0, 0.05) is 39.1 Å². The number of rotatable bonds is 2. The summed E-state index contributed by atoms with van der Waals surface area (Å²) in [6.45, 7) is 8.74. The Bertz CT molecular complexity index is 400. The van der Waals surface area contributed by atoms with E-state index in [4.69, 9.17) is 0 Å². The van der Waals surface area contributed by atoms with E-state index in [2.05, 4.69) is 26.1 Å². The lowest BCUT2D eigenvalue weighted by Crippen LogP contribution is -2.54. The zero-order valence-electron chi connectivity index (χ0n) is 13.8. The van der Waals surface area contributed by atoms with Crippen LogP contribution >= 0.6 is 0 Å². The van der Waals surface area contributed by atoms with Crippen molar-refractivity contribution >= 4 is 11.9 Å². The average Bonchev–Trinajstić information content (AvgIpc) is 2.44. The topological polar surface area (TPSA) is 52.7 Å². The summed E-state index contributed by atoms with van der Waals surface area (Å²) in [5, 5.41) is 3.08. The first-order chi connectivity index (χ1) is 9.83. The summed E-state index contributed by atoms with van der Waals surface area (Å²) in [5.74, 6) is 0.703. The largest absolute Gasteiger partial charge is 0.345 e. The van der Waals surface area contributed by atoms with Gasteiger partial charge in [-0.15, -0.1) is 0 Å². The van der Waals surface area contributed by atoms with Crippen LogP contribution in [0.1, 0.15) is 46.5 Å². The standard InChI is InChI=1S/C16H29N3O2/c1-12(2)13(3)17-15(21)19-9-7-16(8-10-19)6-5-14(20)18(4)11-16/h12-13H,5-11H2,1-4H3,(H,17,21)/t13-/m1/s1. The van der Waals surface area contributed by atoms with Crippen LogP contribution in [0.25, 0.3) is 0 Å². The average molecular weight is 295 g/mol. The van der Waals surface area contributed by atoms with E-state index in [0.29, 0.717) is 12.3 Å². The van der Waals surface area contributed by atoms with E-state index in [-0.39, 0.29) is 23.4 Å². The summed E-state index contributed by atoms with van der Waals surface area (Å²) in [6, 6.07) is 0.262. The maximum Gasteiger partial charge on any atom is 0.317 e. The number of nitrogens with one attached hydrogen (secondary N) is 1. The highest BCUT2D eigenvalue weighted by Crippen LogP contribution is 2.39. The summed E-state index contributed by atoms with van der Waals surface area (Å²) >= 11 is 0. The highest BCUT2D eigenvalue weighted by molar-refractivity contribution is 5.77. The van der Waals surface area contributed by atoms with E-state index in [1.807, 2.05) is 16.8 Å². The Hall–Kier alpha value is -1.26. The molecule has 0 aliphatic carbocycles. The Kier molecular flexibility index (Phi) is 4.79. The van der Waals surface area contributed by atoms with Crippen molar-refractivity contribution in [3.63, 3.8) is 0 Å². The lowest BCUT2D eigenvalue weighted by molar-refractivity contribution is -0.137. The molecule has 3 amide bonds. The molecule has 2 aliphatic heterocycles. The molecule has 1 N–H and O–H groups in total. The molecule has 0 radical (unpaired) electrons. The second-order valence-corrected chi connectivity index (χ2v) is 7.22. The van der Waals surface area contributed by atoms with Crippen LogP contribution in [-0.4, -0.2) is 54.5 Å². The number of nitrogens with zero attached hydrogens (tertiary/aromatic N) is 2. The lowest BCUT2D eigenvalue weighted by atomic mass is 9.72. The number of carbonyl (C=O) groups is 2. The van der Waals surface area contributed by atoms with Gasteiger partial charge >= 0.3 is 6.03 Å². The molecule has 0 aromatic heterocycles. The fraction of sp³-hybridized carbons (Fsp3) is 0.875. The van der Waals surface area contributed by atoms with Gasteiger partial charge in [0.25, 0.3) is 0 Å². The molecule has 0 aromatic carbocycles. The van der Waals surface area contributed by atoms with Crippen LogP contribution in [0.4, 0.5) is 4.79 Å². The minimum Gasteiger partial charge on any atom is -0.345 e. The molecule has 5 nitrogen and oxygen atoms in total. The quantitative estimate of drug-likeness (QED) is 0.848. The van der Waals surface area contributed by atoms with Gasteiger partial charge in [0.2, 0.25) is 5.91 Å². The Morgan fingerprint density at radius 3 is 2.33 bits per heavy atom. The van der Waals surface area contributed by atoms with E-state index in [1.54, 1.807) is 0 Å². The van der Waals surface area contributed by atoms with Gasteiger partial charge in [0.15, 0.2) is 0 Å². The summed E-state index contributed by atoms with van der Waals surface area (Å²) in [6.07, 6.45) is 3.66. The third-order valence-corrected chi connectivity index (χ3v) is 5.33. The van der Waals surface area contributed by atoms with Gasteiger partial charge in [-0.05, 0) is 37.5 Å². The first-order valence-corrected chi connectivity index (χ1v) is 8.12. The normalized spacial score (nSPS) is 23.6. The molecular formula is C16H29N3O2. The number of piperidine rings is 2. The highest BCUT2D eigenvalue weighted by atomic mass is 16.2. The number of hydrogen-bond acceptors (Lipinski definition) is 2. The van der Waals surface area contributed by atoms with Crippen LogP contribution in [0.3, 0.4) is 0 Å². The van der Waals surface area contributed by atoms with Crippen molar-refractivity contribution in [1.29, 1.82) is 0 Å². The number of amides is 3. The van der Waals surface area contributed by atoms with Gasteiger partial charge in [-0.1, -0.05) is 13.8 Å². The molecule has 0 aromatic rings. The van der Waals surface area contributed by atoms with Crippen LogP contribution in [0.2, 0.25) is 0 Å². The van der Waals surface area contributed by atoms with Crippen molar-refractivity contribution in [2.24, 2.45) is 11.3 Å². The van der Waals surface area contributed by atoms with Crippen molar-refractivity contribution in [2.45, 2.75) is 52.5 Å².